The topological polar surface area (TPSA) is 61.2 Å². The Morgan fingerprint density at radius 3 is 2.50 bits per heavy atom. The molecule has 0 aliphatic heterocycles. The molecule has 0 aliphatic carbocycles. The highest BCUT2D eigenvalue weighted by Gasteiger charge is 2.24. The molecule has 1 aromatic rings. The number of halogens is 1. The molecule has 0 unspecified atom stereocenters. The summed E-state index contributed by atoms with van der Waals surface area (Å²) in [5, 5.41) is 8.79. The molecule has 0 heterocycles. The molecule has 0 N–H and O–H groups in total. The average Bonchev–Trinajstić information content (AvgIpc) is 2.27. The molecule has 0 saturated carbocycles. The standard InChI is InChI=1S/C12H15ClN2O2S/c1-9(2)8-15(3)18(16,17)12-5-4-10(7-14)6-11(12)13/h4-6,9H,8H2,1-3H3. The number of nitriles is 1. The van der Waals surface area contributed by atoms with Crippen LogP contribution in [0.25, 0.3) is 0 Å². The molecule has 0 atom stereocenters. The van der Waals surface area contributed by atoms with Gasteiger partial charge in [-0.3, -0.25) is 0 Å². The summed E-state index contributed by atoms with van der Waals surface area (Å²) in [5.41, 5.74) is 0.338. The second kappa shape index (κ2) is 5.70. The minimum absolute atomic E-state index is 0.0336. The van der Waals surface area contributed by atoms with E-state index in [1.54, 1.807) is 0 Å². The van der Waals surface area contributed by atoms with Gasteiger partial charge in [-0.2, -0.15) is 5.26 Å². The van der Waals surface area contributed by atoms with E-state index in [0.29, 0.717) is 12.1 Å². The van der Waals surface area contributed by atoms with Crippen molar-refractivity contribution in [2.75, 3.05) is 13.6 Å². The number of hydrogen-bond donors (Lipinski definition) is 0. The summed E-state index contributed by atoms with van der Waals surface area (Å²) in [4.78, 5) is 0.0336. The van der Waals surface area contributed by atoms with E-state index in [-0.39, 0.29) is 15.8 Å². The van der Waals surface area contributed by atoms with Crippen LogP contribution in [0.4, 0.5) is 0 Å². The molecule has 18 heavy (non-hydrogen) atoms. The van der Waals surface area contributed by atoms with Crippen LogP contribution in [0.3, 0.4) is 0 Å². The summed E-state index contributed by atoms with van der Waals surface area (Å²) in [7, 11) is -2.08. The first-order chi connectivity index (χ1) is 8.28. The summed E-state index contributed by atoms with van der Waals surface area (Å²) in [5.74, 6) is 0.224. The predicted octanol–water partition coefficient (Wildman–Crippen LogP) is 2.49. The Kier molecular flexibility index (Phi) is 4.74. The van der Waals surface area contributed by atoms with Gasteiger partial charge in [-0.25, -0.2) is 12.7 Å². The van der Waals surface area contributed by atoms with Gasteiger partial charge < -0.3 is 0 Å². The van der Waals surface area contributed by atoms with E-state index < -0.39 is 10.0 Å². The van der Waals surface area contributed by atoms with E-state index in [9.17, 15) is 8.42 Å². The molecular weight excluding hydrogens is 272 g/mol. The Labute approximate surface area is 113 Å². The third kappa shape index (κ3) is 3.22. The van der Waals surface area contributed by atoms with Gasteiger partial charge in [-0.15, -0.1) is 0 Å². The van der Waals surface area contributed by atoms with Crippen LogP contribution in [0.1, 0.15) is 19.4 Å². The van der Waals surface area contributed by atoms with Crippen molar-refractivity contribution in [1.29, 1.82) is 5.26 Å². The maximum absolute atomic E-state index is 12.2. The van der Waals surface area contributed by atoms with Crippen LogP contribution in [0.15, 0.2) is 23.1 Å². The van der Waals surface area contributed by atoms with Crippen molar-refractivity contribution in [3.63, 3.8) is 0 Å². The first-order valence-corrected chi connectivity index (χ1v) is 7.27. The Balaban J connectivity index is 3.17. The highest BCUT2D eigenvalue weighted by Crippen LogP contribution is 2.25. The zero-order valence-electron chi connectivity index (χ0n) is 10.5. The molecule has 0 saturated heterocycles. The van der Waals surface area contributed by atoms with Gasteiger partial charge in [-0.05, 0) is 24.1 Å². The smallest absolute Gasteiger partial charge is 0.207 e. The molecule has 6 heteroatoms. The molecule has 0 amide bonds. The van der Waals surface area contributed by atoms with Gasteiger partial charge in [0.15, 0.2) is 0 Å². The molecule has 0 aliphatic rings. The molecule has 0 fully saturated rings. The maximum atomic E-state index is 12.2. The average molecular weight is 287 g/mol. The first-order valence-electron chi connectivity index (χ1n) is 5.45. The zero-order chi connectivity index (χ0) is 13.9. The molecule has 0 aromatic heterocycles. The minimum Gasteiger partial charge on any atom is -0.207 e. The lowest BCUT2D eigenvalue weighted by atomic mass is 10.2. The predicted molar refractivity (Wildman–Crippen MR) is 70.8 cm³/mol. The van der Waals surface area contributed by atoms with Gasteiger partial charge in [0.1, 0.15) is 4.90 Å². The van der Waals surface area contributed by atoms with E-state index >= 15 is 0 Å². The lowest BCUT2D eigenvalue weighted by Gasteiger charge is -2.19. The second-order valence-electron chi connectivity index (χ2n) is 4.44. The first kappa shape index (κ1) is 15.0. The molecule has 4 nitrogen and oxygen atoms in total. The van der Waals surface area contributed by atoms with Crippen LogP contribution in [-0.4, -0.2) is 26.3 Å². The van der Waals surface area contributed by atoms with Gasteiger partial charge in [0, 0.05) is 13.6 Å². The van der Waals surface area contributed by atoms with Crippen LogP contribution in [-0.2, 0) is 10.0 Å². The molecule has 1 aromatic carbocycles. The van der Waals surface area contributed by atoms with Crippen LogP contribution < -0.4 is 0 Å². The third-order valence-corrected chi connectivity index (χ3v) is 4.68. The number of sulfonamides is 1. The molecule has 0 spiro atoms. The van der Waals surface area contributed by atoms with Crippen molar-refractivity contribution in [3.8, 4) is 6.07 Å². The third-order valence-electron chi connectivity index (χ3n) is 2.37. The van der Waals surface area contributed by atoms with E-state index in [2.05, 4.69) is 0 Å². The Morgan fingerprint density at radius 2 is 2.06 bits per heavy atom. The number of benzene rings is 1. The van der Waals surface area contributed by atoms with Crippen molar-refractivity contribution >= 4 is 21.6 Å². The Morgan fingerprint density at radius 1 is 1.44 bits per heavy atom. The zero-order valence-corrected chi connectivity index (χ0v) is 12.1. The van der Waals surface area contributed by atoms with Crippen molar-refractivity contribution < 1.29 is 8.42 Å². The monoisotopic (exact) mass is 286 g/mol. The normalized spacial score (nSPS) is 11.8. The van der Waals surface area contributed by atoms with E-state index in [1.807, 2.05) is 19.9 Å². The molecule has 1 rings (SSSR count). The maximum Gasteiger partial charge on any atom is 0.244 e. The van der Waals surface area contributed by atoms with Crippen molar-refractivity contribution in [2.45, 2.75) is 18.7 Å². The highest BCUT2D eigenvalue weighted by atomic mass is 35.5. The van der Waals surface area contributed by atoms with Gasteiger partial charge in [0.25, 0.3) is 0 Å². The quantitative estimate of drug-likeness (QED) is 0.854. The SMILES string of the molecule is CC(C)CN(C)S(=O)(=O)c1ccc(C#N)cc1Cl. The second-order valence-corrected chi connectivity index (χ2v) is 6.86. The van der Waals surface area contributed by atoms with Crippen LogP contribution in [0.5, 0.6) is 0 Å². The van der Waals surface area contributed by atoms with Gasteiger partial charge in [0.05, 0.1) is 16.7 Å². The summed E-state index contributed by atoms with van der Waals surface area (Å²) < 4.78 is 25.8. The summed E-state index contributed by atoms with van der Waals surface area (Å²) in [6.07, 6.45) is 0. The molecular formula is C12H15ClN2O2S. The molecule has 0 radical (unpaired) electrons. The summed E-state index contributed by atoms with van der Waals surface area (Å²) >= 11 is 5.92. The lowest BCUT2D eigenvalue weighted by molar-refractivity contribution is 0.417. The van der Waals surface area contributed by atoms with Gasteiger partial charge in [-0.1, -0.05) is 25.4 Å². The molecule has 98 valence electrons. The fourth-order valence-electron chi connectivity index (χ4n) is 1.56. The Hall–Kier alpha value is -1.09. The number of hydrogen-bond acceptors (Lipinski definition) is 3. The van der Waals surface area contributed by atoms with Crippen LogP contribution in [0.2, 0.25) is 5.02 Å². The summed E-state index contributed by atoms with van der Waals surface area (Å²) in [6.45, 7) is 4.29. The minimum atomic E-state index is -3.60. The fraction of sp³-hybridized carbons (Fsp3) is 0.417. The molecule has 0 bridgehead atoms. The van der Waals surface area contributed by atoms with E-state index in [1.165, 1.54) is 29.6 Å². The van der Waals surface area contributed by atoms with Crippen molar-refractivity contribution in [2.24, 2.45) is 5.92 Å². The van der Waals surface area contributed by atoms with Crippen molar-refractivity contribution in [1.82, 2.24) is 4.31 Å². The lowest BCUT2D eigenvalue weighted by Crippen LogP contribution is -2.30. The fourth-order valence-corrected chi connectivity index (χ4v) is 3.41. The van der Waals surface area contributed by atoms with Crippen LogP contribution >= 0.6 is 11.6 Å². The van der Waals surface area contributed by atoms with Crippen LogP contribution in [0, 0.1) is 17.2 Å². The largest absolute Gasteiger partial charge is 0.244 e. The number of nitrogens with zero attached hydrogens (tertiary/aromatic N) is 2. The van der Waals surface area contributed by atoms with Crippen molar-refractivity contribution in [3.05, 3.63) is 28.8 Å². The van der Waals surface area contributed by atoms with Gasteiger partial charge >= 0.3 is 0 Å². The van der Waals surface area contributed by atoms with E-state index in [4.69, 9.17) is 16.9 Å². The van der Waals surface area contributed by atoms with E-state index in [0.717, 1.165) is 0 Å². The highest BCUT2D eigenvalue weighted by molar-refractivity contribution is 7.89. The van der Waals surface area contributed by atoms with Gasteiger partial charge in [0.2, 0.25) is 10.0 Å². The Bertz CT molecular complexity index is 576. The summed E-state index contributed by atoms with van der Waals surface area (Å²) in [6, 6.07) is 6.09. The number of rotatable bonds is 4.